The predicted molar refractivity (Wildman–Crippen MR) is 77.7 cm³/mol. The summed E-state index contributed by atoms with van der Waals surface area (Å²) in [4.78, 5) is 26.4. The quantitative estimate of drug-likeness (QED) is 0.858. The first kappa shape index (κ1) is 13.1. The number of hydrogen-bond acceptors (Lipinski definition) is 3. The second-order valence-corrected chi connectivity index (χ2v) is 5.42. The summed E-state index contributed by atoms with van der Waals surface area (Å²) in [6.07, 6.45) is 2.58. The van der Waals surface area contributed by atoms with Gasteiger partial charge in [-0.15, -0.1) is 0 Å². The molecular formula is C15H19N3O2. The van der Waals surface area contributed by atoms with Gasteiger partial charge in [-0.3, -0.25) is 14.5 Å². The zero-order chi connectivity index (χ0) is 14.2. The van der Waals surface area contributed by atoms with Gasteiger partial charge in [0.1, 0.15) is 6.54 Å². The molecule has 2 N–H and O–H groups in total. The number of carbonyl (C=O) groups excluding carboxylic acids is 2. The molecule has 2 heterocycles. The van der Waals surface area contributed by atoms with E-state index in [0.29, 0.717) is 5.69 Å². The van der Waals surface area contributed by atoms with E-state index in [2.05, 4.69) is 10.6 Å². The fourth-order valence-corrected chi connectivity index (χ4v) is 3.11. The number of fused-ring (bicyclic) bond motifs is 1. The molecule has 1 fully saturated rings. The van der Waals surface area contributed by atoms with Crippen LogP contribution in [0.2, 0.25) is 0 Å². The van der Waals surface area contributed by atoms with Gasteiger partial charge >= 0.3 is 0 Å². The SMILES string of the molecule is CCC1(C(=O)N2CC(=O)Nc3ccccc32)CCCN1. The minimum atomic E-state index is -0.509. The third-order valence-electron chi connectivity index (χ3n) is 4.27. The van der Waals surface area contributed by atoms with Gasteiger partial charge in [-0.25, -0.2) is 0 Å². The molecule has 5 heteroatoms. The Kier molecular flexibility index (Phi) is 3.22. The largest absolute Gasteiger partial charge is 0.323 e. The van der Waals surface area contributed by atoms with E-state index >= 15 is 0 Å². The maximum Gasteiger partial charge on any atom is 0.247 e. The molecule has 0 spiro atoms. The molecule has 1 aromatic rings. The van der Waals surface area contributed by atoms with Gasteiger partial charge in [0.2, 0.25) is 11.8 Å². The van der Waals surface area contributed by atoms with Crippen LogP contribution in [0.1, 0.15) is 26.2 Å². The highest BCUT2D eigenvalue weighted by Gasteiger charge is 2.43. The minimum absolute atomic E-state index is 0.0137. The number of nitrogens with one attached hydrogen (secondary N) is 2. The highest BCUT2D eigenvalue weighted by Crippen LogP contribution is 2.33. The normalized spacial score (nSPS) is 25.2. The molecule has 3 rings (SSSR count). The molecule has 2 aliphatic heterocycles. The summed E-state index contributed by atoms with van der Waals surface area (Å²) in [6.45, 7) is 2.98. The van der Waals surface area contributed by atoms with E-state index in [9.17, 15) is 9.59 Å². The Balaban J connectivity index is 1.97. The number of rotatable bonds is 2. The lowest BCUT2D eigenvalue weighted by atomic mass is 9.91. The van der Waals surface area contributed by atoms with E-state index in [0.717, 1.165) is 31.5 Å². The third-order valence-corrected chi connectivity index (χ3v) is 4.27. The molecule has 0 aromatic heterocycles. The molecule has 0 saturated carbocycles. The minimum Gasteiger partial charge on any atom is -0.323 e. The Bertz CT molecular complexity index is 550. The van der Waals surface area contributed by atoms with E-state index in [1.54, 1.807) is 4.90 Å². The van der Waals surface area contributed by atoms with Crippen molar-refractivity contribution >= 4 is 23.2 Å². The Labute approximate surface area is 118 Å². The van der Waals surface area contributed by atoms with E-state index in [1.165, 1.54) is 0 Å². The number of hydrogen-bond donors (Lipinski definition) is 2. The van der Waals surface area contributed by atoms with Crippen molar-refractivity contribution in [1.82, 2.24) is 5.32 Å². The van der Waals surface area contributed by atoms with Gasteiger partial charge in [-0.1, -0.05) is 19.1 Å². The first-order chi connectivity index (χ1) is 9.66. The summed E-state index contributed by atoms with van der Waals surface area (Å²) in [7, 11) is 0. The van der Waals surface area contributed by atoms with Gasteiger partial charge in [-0.2, -0.15) is 0 Å². The average molecular weight is 273 g/mol. The lowest BCUT2D eigenvalue weighted by molar-refractivity contribution is -0.126. The second kappa shape index (κ2) is 4.90. The molecule has 0 aliphatic carbocycles. The summed E-state index contributed by atoms with van der Waals surface area (Å²) in [5, 5.41) is 6.15. The monoisotopic (exact) mass is 273 g/mol. The lowest BCUT2D eigenvalue weighted by Gasteiger charge is -2.36. The smallest absolute Gasteiger partial charge is 0.247 e. The van der Waals surface area contributed by atoms with Gasteiger partial charge < -0.3 is 10.6 Å². The predicted octanol–water partition coefficient (Wildman–Crippen LogP) is 1.50. The van der Waals surface area contributed by atoms with Crippen LogP contribution in [0.4, 0.5) is 11.4 Å². The van der Waals surface area contributed by atoms with Crippen LogP contribution >= 0.6 is 0 Å². The van der Waals surface area contributed by atoms with Crippen LogP contribution in [0.25, 0.3) is 0 Å². The molecular weight excluding hydrogens is 254 g/mol. The van der Waals surface area contributed by atoms with Crippen molar-refractivity contribution in [3.05, 3.63) is 24.3 Å². The van der Waals surface area contributed by atoms with Crippen LogP contribution in [0.3, 0.4) is 0 Å². The highest BCUT2D eigenvalue weighted by molar-refractivity contribution is 6.12. The number of para-hydroxylation sites is 2. The number of benzene rings is 1. The fraction of sp³-hybridized carbons (Fsp3) is 0.467. The molecule has 20 heavy (non-hydrogen) atoms. The van der Waals surface area contributed by atoms with E-state index < -0.39 is 5.54 Å². The van der Waals surface area contributed by atoms with Crippen LogP contribution in [-0.4, -0.2) is 30.4 Å². The van der Waals surface area contributed by atoms with Crippen molar-refractivity contribution in [3.8, 4) is 0 Å². The van der Waals surface area contributed by atoms with Gasteiger partial charge in [0.05, 0.1) is 16.9 Å². The Hall–Kier alpha value is -1.88. The molecule has 1 unspecified atom stereocenters. The van der Waals surface area contributed by atoms with Crippen molar-refractivity contribution in [1.29, 1.82) is 0 Å². The van der Waals surface area contributed by atoms with Crippen LogP contribution in [0, 0.1) is 0 Å². The van der Waals surface area contributed by atoms with Crippen LogP contribution < -0.4 is 15.5 Å². The molecule has 5 nitrogen and oxygen atoms in total. The number of nitrogens with zero attached hydrogens (tertiary/aromatic N) is 1. The second-order valence-electron chi connectivity index (χ2n) is 5.42. The maximum atomic E-state index is 12.9. The molecule has 0 bridgehead atoms. The lowest BCUT2D eigenvalue weighted by Crippen LogP contribution is -2.57. The number of carbonyl (C=O) groups is 2. The Morgan fingerprint density at radius 3 is 2.90 bits per heavy atom. The summed E-state index contributed by atoms with van der Waals surface area (Å²) < 4.78 is 0. The highest BCUT2D eigenvalue weighted by atomic mass is 16.2. The molecule has 1 saturated heterocycles. The number of anilines is 2. The maximum absolute atomic E-state index is 12.9. The Morgan fingerprint density at radius 1 is 1.40 bits per heavy atom. The number of amides is 2. The van der Waals surface area contributed by atoms with Gasteiger partial charge in [-0.05, 0) is 37.9 Å². The first-order valence-electron chi connectivity index (χ1n) is 7.12. The van der Waals surface area contributed by atoms with Gasteiger partial charge in [0.25, 0.3) is 0 Å². The Morgan fingerprint density at radius 2 is 2.20 bits per heavy atom. The molecule has 2 amide bonds. The standard InChI is InChI=1S/C15H19N3O2/c1-2-15(8-5-9-16-15)14(20)18-10-13(19)17-11-6-3-4-7-12(11)18/h3-4,6-7,16H,2,5,8-10H2,1H3,(H,17,19). The van der Waals surface area contributed by atoms with Gasteiger partial charge in [0, 0.05) is 0 Å². The summed E-state index contributed by atoms with van der Waals surface area (Å²) in [5.74, 6) is -0.124. The first-order valence-corrected chi connectivity index (χ1v) is 7.12. The van der Waals surface area contributed by atoms with Crippen LogP contribution in [0.15, 0.2) is 24.3 Å². The van der Waals surface area contributed by atoms with Crippen molar-refractivity contribution in [2.24, 2.45) is 0 Å². The molecule has 106 valence electrons. The van der Waals surface area contributed by atoms with E-state index in [-0.39, 0.29) is 18.4 Å². The van der Waals surface area contributed by atoms with Crippen molar-refractivity contribution in [2.75, 3.05) is 23.3 Å². The molecule has 0 radical (unpaired) electrons. The summed E-state index contributed by atoms with van der Waals surface area (Å²) >= 11 is 0. The molecule has 2 aliphatic rings. The van der Waals surface area contributed by atoms with Crippen molar-refractivity contribution in [2.45, 2.75) is 31.7 Å². The van der Waals surface area contributed by atoms with Crippen molar-refractivity contribution < 1.29 is 9.59 Å². The fourth-order valence-electron chi connectivity index (χ4n) is 3.11. The third kappa shape index (κ3) is 1.98. The van der Waals surface area contributed by atoms with E-state index in [1.807, 2.05) is 31.2 Å². The summed E-state index contributed by atoms with van der Waals surface area (Å²) in [6, 6.07) is 7.45. The average Bonchev–Trinajstić information content (AvgIpc) is 2.95. The van der Waals surface area contributed by atoms with Gasteiger partial charge in [0.15, 0.2) is 0 Å². The topological polar surface area (TPSA) is 61.4 Å². The zero-order valence-corrected chi connectivity index (χ0v) is 11.6. The zero-order valence-electron chi connectivity index (χ0n) is 11.6. The summed E-state index contributed by atoms with van der Waals surface area (Å²) in [5.41, 5.74) is 0.991. The van der Waals surface area contributed by atoms with Crippen molar-refractivity contribution in [3.63, 3.8) is 0 Å². The molecule has 1 atom stereocenters. The molecule has 1 aromatic carbocycles. The van der Waals surface area contributed by atoms with Crippen LogP contribution in [-0.2, 0) is 9.59 Å². The van der Waals surface area contributed by atoms with Crippen LogP contribution in [0.5, 0.6) is 0 Å². The van der Waals surface area contributed by atoms with E-state index in [4.69, 9.17) is 0 Å².